The average Bonchev–Trinajstić information content (AvgIpc) is 3.14. The standard InChI is InChI=1S/C41H42FN3O5S/c1-3-4-27-43-41(47)39(28-32-11-7-5-8-12-32)44(29-33-17-19-34(42)20-18-33)40(46)30-45(51(48,49)38-25-15-31(2)16-26-38)35-21-23-37(24-22-35)50-36-13-9-6-10-14-36/h5-26,39H,3-4,27-30H2,1-2H3,(H,43,47)/t39-/m1/s1. The molecule has 2 amide bonds. The van der Waals surface area contributed by atoms with Crippen molar-refractivity contribution in [2.45, 2.75) is 50.6 Å². The molecule has 0 bridgehead atoms. The van der Waals surface area contributed by atoms with Gasteiger partial charge in [0.15, 0.2) is 0 Å². The van der Waals surface area contributed by atoms with Gasteiger partial charge in [-0.05, 0) is 85.1 Å². The summed E-state index contributed by atoms with van der Waals surface area (Å²) in [5.74, 6) is -0.314. The highest BCUT2D eigenvalue weighted by atomic mass is 32.2. The summed E-state index contributed by atoms with van der Waals surface area (Å²) in [6, 6.07) is 36.0. The molecule has 0 saturated heterocycles. The number of unbranched alkanes of at least 4 members (excludes halogenated alkanes) is 1. The van der Waals surface area contributed by atoms with E-state index in [2.05, 4.69) is 5.32 Å². The summed E-state index contributed by atoms with van der Waals surface area (Å²) < 4.78 is 49.6. The normalized spacial score (nSPS) is 11.7. The fourth-order valence-corrected chi connectivity index (χ4v) is 6.93. The molecule has 5 aromatic carbocycles. The number of nitrogens with one attached hydrogen (secondary N) is 1. The number of hydrogen-bond donors (Lipinski definition) is 1. The lowest BCUT2D eigenvalue weighted by molar-refractivity contribution is -0.140. The van der Waals surface area contributed by atoms with Crippen LogP contribution < -0.4 is 14.4 Å². The van der Waals surface area contributed by atoms with Gasteiger partial charge in [-0.25, -0.2) is 12.8 Å². The van der Waals surface area contributed by atoms with Gasteiger partial charge >= 0.3 is 0 Å². The van der Waals surface area contributed by atoms with Crippen molar-refractivity contribution in [3.8, 4) is 11.5 Å². The molecule has 0 aliphatic rings. The third-order valence-electron chi connectivity index (χ3n) is 8.36. The maximum Gasteiger partial charge on any atom is 0.264 e. The highest BCUT2D eigenvalue weighted by Crippen LogP contribution is 2.29. The Balaban J connectivity index is 1.54. The summed E-state index contributed by atoms with van der Waals surface area (Å²) in [6.45, 7) is 3.63. The first-order chi connectivity index (χ1) is 24.6. The average molecular weight is 708 g/mol. The van der Waals surface area contributed by atoms with Crippen LogP contribution in [-0.2, 0) is 32.6 Å². The van der Waals surface area contributed by atoms with Crippen LogP contribution in [0.25, 0.3) is 0 Å². The number of benzene rings is 5. The van der Waals surface area contributed by atoms with Crippen LogP contribution in [0.1, 0.15) is 36.5 Å². The number of amides is 2. The van der Waals surface area contributed by atoms with Crippen LogP contribution in [0.5, 0.6) is 11.5 Å². The first kappa shape index (κ1) is 36.8. The summed E-state index contributed by atoms with van der Waals surface area (Å²) >= 11 is 0. The Bertz CT molecular complexity index is 1970. The van der Waals surface area contributed by atoms with Crippen molar-refractivity contribution in [2.75, 3.05) is 17.4 Å². The van der Waals surface area contributed by atoms with Gasteiger partial charge in [-0.2, -0.15) is 0 Å². The number of halogens is 1. The number of hydrogen-bond acceptors (Lipinski definition) is 5. The van der Waals surface area contributed by atoms with Crippen LogP contribution in [0.3, 0.4) is 0 Å². The molecule has 1 atom stereocenters. The molecule has 5 aromatic rings. The highest BCUT2D eigenvalue weighted by Gasteiger charge is 2.34. The Kier molecular flexibility index (Phi) is 12.6. The van der Waals surface area contributed by atoms with Crippen molar-refractivity contribution in [2.24, 2.45) is 0 Å². The summed E-state index contributed by atoms with van der Waals surface area (Å²) in [4.78, 5) is 29.9. The molecule has 0 unspecified atom stereocenters. The second kappa shape index (κ2) is 17.4. The van der Waals surface area contributed by atoms with Crippen LogP contribution in [0.4, 0.5) is 10.1 Å². The fraction of sp³-hybridized carbons (Fsp3) is 0.220. The minimum Gasteiger partial charge on any atom is -0.457 e. The lowest BCUT2D eigenvalue weighted by Crippen LogP contribution is -2.53. The second-order valence-corrected chi connectivity index (χ2v) is 14.1. The third-order valence-corrected chi connectivity index (χ3v) is 10.1. The SMILES string of the molecule is CCCCNC(=O)[C@@H](Cc1ccccc1)N(Cc1ccc(F)cc1)C(=O)CN(c1ccc(Oc2ccccc2)cc1)S(=O)(=O)c1ccc(C)cc1. The first-order valence-electron chi connectivity index (χ1n) is 16.9. The number of anilines is 1. The van der Waals surface area contributed by atoms with E-state index < -0.39 is 34.3 Å². The summed E-state index contributed by atoms with van der Waals surface area (Å²) in [6.07, 6.45) is 1.80. The third kappa shape index (κ3) is 10.0. The molecular formula is C41H42FN3O5S. The van der Waals surface area contributed by atoms with Gasteiger partial charge in [-0.15, -0.1) is 0 Å². The Labute approximate surface area is 299 Å². The molecule has 5 rings (SSSR count). The molecule has 10 heteroatoms. The Morgan fingerprint density at radius 1 is 0.765 bits per heavy atom. The lowest BCUT2D eigenvalue weighted by atomic mass is 10.0. The Morgan fingerprint density at radius 2 is 1.37 bits per heavy atom. The molecule has 1 N–H and O–H groups in total. The molecule has 51 heavy (non-hydrogen) atoms. The predicted octanol–water partition coefficient (Wildman–Crippen LogP) is 7.68. The summed E-state index contributed by atoms with van der Waals surface area (Å²) in [7, 11) is -4.28. The number of sulfonamides is 1. The van der Waals surface area contributed by atoms with E-state index in [1.54, 1.807) is 60.7 Å². The van der Waals surface area contributed by atoms with Gasteiger partial charge in [0.1, 0.15) is 29.9 Å². The van der Waals surface area contributed by atoms with Gasteiger partial charge < -0.3 is 15.0 Å². The zero-order valence-corrected chi connectivity index (χ0v) is 29.6. The fourth-order valence-electron chi connectivity index (χ4n) is 5.52. The van der Waals surface area contributed by atoms with Crippen molar-refractivity contribution in [3.63, 3.8) is 0 Å². The molecule has 0 aliphatic heterocycles. The quantitative estimate of drug-likeness (QED) is 0.106. The van der Waals surface area contributed by atoms with Crippen LogP contribution in [0.15, 0.2) is 138 Å². The van der Waals surface area contributed by atoms with E-state index in [-0.39, 0.29) is 29.5 Å². The molecule has 0 aliphatic carbocycles. The maximum atomic E-state index is 14.6. The van der Waals surface area contributed by atoms with Crippen LogP contribution in [0.2, 0.25) is 0 Å². The molecule has 0 aromatic heterocycles. The van der Waals surface area contributed by atoms with E-state index in [0.717, 1.165) is 28.3 Å². The molecule has 0 radical (unpaired) electrons. The first-order valence-corrected chi connectivity index (χ1v) is 18.4. The number of carbonyl (C=O) groups is 2. The van der Waals surface area contributed by atoms with Crippen molar-refractivity contribution in [1.82, 2.24) is 10.2 Å². The number of ether oxygens (including phenoxy) is 1. The number of aryl methyl sites for hydroxylation is 1. The van der Waals surface area contributed by atoms with Gasteiger partial charge in [0, 0.05) is 19.5 Å². The molecular weight excluding hydrogens is 666 g/mol. The smallest absolute Gasteiger partial charge is 0.264 e. The maximum absolute atomic E-state index is 14.6. The summed E-state index contributed by atoms with van der Waals surface area (Å²) in [5.41, 5.74) is 2.52. The molecule has 0 spiro atoms. The van der Waals surface area contributed by atoms with E-state index in [1.165, 1.54) is 29.2 Å². The van der Waals surface area contributed by atoms with Crippen LogP contribution in [0, 0.1) is 12.7 Å². The van der Waals surface area contributed by atoms with Gasteiger partial charge in [-0.3, -0.25) is 13.9 Å². The molecule has 8 nitrogen and oxygen atoms in total. The largest absolute Gasteiger partial charge is 0.457 e. The van der Waals surface area contributed by atoms with Gasteiger partial charge in [0.2, 0.25) is 11.8 Å². The van der Waals surface area contributed by atoms with E-state index in [0.29, 0.717) is 23.6 Å². The van der Waals surface area contributed by atoms with Crippen molar-refractivity contribution in [3.05, 3.63) is 156 Å². The number of carbonyl (C=O) groups excluding carboxylic acids is 2. The van der Waals surface area contributed by atoms with E-state index in [4.69, 9.17) is 4.74 Å². The minimum absolute atomic E-state index is 0.00809. The molecule has 0 fully saturated rings. The van der Waals surface area contributed by atoms with Crippen LogP contribution >= 0.6 is 0 Å². The van der Waals surface area contributed by atoms with Crippen LogP contribution in [-0.4, -0.2) is 44.3 Å². The zero-order valence-electron chi connectivity index (χ0n) is 28.7. The van der Waals surface area contributed by atoms with Crippen molar-refractivity contribution in [1.29, 1.82) is 0 Å². The highest BCUT2D eigenvalue weighted by molar-refractivity contribution is 7.92. The number of rotatable bonds is 16. The molecule has 0 heterocycles. The van der Waals surface area contributed by atoms with Crippen molar-refractivity contribution >= 4 is 27.5 Å². The lowest BCUT2D eigenvalue weighted by Gasteiger charge is -2.34. The van der Waals surface area contributed by atoms with Gasteiger partial charge in [-0.1, -0.05) is 91.7 Å². The number of para-hydroxylation sites is 1. The predicted molar refractivity (Wildman–Crippen MR) is 197 cm³/mol. The molecule has 264 valence electrons. The Hall–Kier alpha value is -5.48. The van der Waals surface area contributed by atoms with E-state index in [9.17, 15) is 22.4 Å². The van der Waals surface area contributed by atoms with Gasteiger partial charge in [0.05, 0.1) is 10.6 Å². The zero-order chi connectivity index (χ0) is 36.2. The summed E-state index contributed by atoms with van der Waals surface area (Å²) in [5, 5.41) is 2.97. The second-order valence-electron chi connectivity index (χ2n) is 12.2. The molecule has 0 saturated carbocycles. The Morgan fingerprint density at radius 3 is 2.00 bits per heavy atom. The van der Waals surface area contributed by atoms with Crippen molar-refractivity contribution < 1.29 is 27.1 Å². The topological polar surface area (TPSA) is 96.0 Å². The van der Waals surface area contributed by atoms with E-state index >= 15 is 0 Å². The van der Waals surface area contributed by atoms with E-state index in [1.807, 2.05) is 62.4 Å². The minimum atomic E-state index is -4.28. The van der Waals surface area contributed by atoms with Gasteiger partial charge in [0.25, 0.3) is 10.0 Å². The number of nitrogens with zero attached hydrogens (tertiary/aromatic N) is 2. The monoisotopic (exact) mass is 707 g/mol.